The van der Waals surface area contributed by atoms with E-state index in [0.29, 0.717) is 35.7 Å². The molecular formula is C23H25Cl2F3N10O. The van der Waals surface area contributed by atoms with Crippen LogP contribution >= 0.6 is 24.0 Å². The second-order valence-corrected chi connectivity index (χ2v) is 9.28. The molecule has 1 atom stereocenters. The van der Waals surface area contributed by atoms with Crippen molar-refractivity contribution in [3.8, 4) is 16.9 Å². The molecule has 0 saturated carbocycles. The molecule has 4 aromatic rings. The number of piperidine rings is 1. The summed E-state index contributed by atoms with van der Waals surface area (Å²) in [5, 5.41) is 21.1. The monoisotopic (exact) mass is 584 g/mol. The van der Waals surface area contributed by atoms with E-state index in [1.54, 1.807) is 22.9 Å². The molecule has 16 heteroatoms. The Bertz CT molecular complexity index is 1360. The molecule has 0 amide bonds. The molecule has 0 bridgehead atoms. The first kappa shape index (κ1) is 28.5. The van der Waals surface area contributed by atoms with Gasteiger partial charge in [-0.2, -0.15) is 18.3 Å². The van der Waals surface area contributed by atoms with Crippen LogP contribution in [0.3, 0.4) is 0 Å². The second kappa shape index (κ2) is 12.1. The standard InChI is InChI=1S/C23H24ClF3N10O.ClH/c1-14(11-36-13-31-34-35-36)38-20-8-15(2-3-18(20)24)16-9-29-22(30-10-16)32-19-12-37(17-4-6-28-7-5-17)33-21(19)23(25,26)27;/h2-3,8-10,12-14,17,28H,4-7,11H2,1H3,(H,29,30,32);1H. The Morgan fingerprint density at radius 1 is 1.18 bits per heavy atom. The molecule has 1 aliphatic rings. The lowest BCUT2D eigenvalue weighted by atomic mass is 10.1. The Balaban J connectivity index is 0.00000353. The van der Waals surface area contributed by atoms with Crippen molar-refractivity contribution < 1.29 is 17.9 Å². The molecule has 0 aliphatic carbocycles. The van der Waals surface area contributed by atoms with Crippen molar-refractivity contribution in [2.24, 2.45) is 0 Å². The van der Waals surface area contributed by atoms with E-state index in [4.69, 9.17) is 16.3 Å². The van der Waals surface area contributed by atoms with Gasteiger partial charge in [-0.25, -0.2) is 14.6 Å². The smallest absolute Gasteiger partial charge is 0.437 e. The zero-order valence-corrected chi connectivity index (χ0v) is 22.2. The third kappa shape index (κ3) is 6.94. The summed E-state index contributed by atoms with van der Waals surface area (Å²) in [6, 6.07) is 5.10. The van der Waals surface area contributed by atoms with E-state index >= 15 is 0 Å². The van der Waals surface area contributed by atoms with Crippen molar-refractivity contribution in [2.75, 3.05) is 18.4 Å². The number of halogens is 5. The van der Waals surface area contributed by atoms with Crippen molar-refractivity contribution in [1.29, 1.82) is 0 Å². The normalized spacial score (nSPS) is 15.0. The van der Waals surface area contributed by atoms with Crippen LogP contribution in [-0.4, -0.2) is 59.1 Å². The zero-order chi connectivity index (χ0) is 26.7. The Kier molecular flexibility index (Phi) is 8.87. The fraction of sp³-hybridized carbons (Fsp3) is 0.391. The number of hydrogen-bond donors (Lipinski definition) is 2. The first-order valence-corrected chi connectivity index (χ1v) is 12.3. The van der Waals surface area contributed by atoms with Crippen LogP contribution in [0, 0.1) is 0 Å². The highest BCUT2D eigenvalue weighted by atomic mass is 35.5. The first-order valence-electron chi connectivity index (χ1n) is 11.9. The summed E-state index contributed by atoms with van der Waals surface area (Å²) in [4.78, 5) is 8.44. The molecule has 1 fully saturated rings. The minimum Gasteiger partial charge on any atom is -0.487 e. The molecule has 0 spiro atoms. The van der Waals surface area contributed by atoms with Crippen LogP contribution in [0.1, 0.15) is 31.5 Å². The average molecular weight is 585 g/mol. The fourth-order valence-corrected chi connectivity index (χ4v) is 4.33. The highest BCUT2D eigenvalue weighted by Gasteiger charge is 2.38. The molecule has 208 valence electrons. The fourth-order valence-electron chi connectivity index (χ4n) is 4.17. The first-order chi connectivity index (χ1) is 18.3. The summed E-state index contributed by atoms with van der Waals surface area (Å²) in [6.45, 7) is 3.74. The van der Waals surface area contributed by atoms with Gasteiger partial charge in [0.2, 0.25) is 5.95 Å². The number of alkyl halides is 3. The minimum atomic E-state index is -4.62. The van der Waals surface area contributed by atoms with Crippen LogP contribution in [0.4, 0.5) is 24.8 Å². The lowest BCUT2D eigenvalue weighted by molar-refractivity contribution is -0.141. The van der Waals surface area contributed by atoms with Gasteiger partial charge in [-0.15, -0.1) is 17.5 Å². The van der Waals surface area contributed by atoms with Gasteiger partial charge in [-0.1, -0.05) is 17.7 Å². The molecule has 2 N–H and O–H groups in total. The van der Waals surface area contributed by atoms with E-state index in [9.17, 15) is 13.2 Å². The van der Waals surface area contributed by atoms with Crippen molar-refractivity contribution in [3.05, 3.63) is 53.8 Å². The third-order valence-corrected chi connectivity index (χ3v) is 6.32. The maximum Gasteiger partial charge on any atom is 0.437 e. The SMILES string of the molecule is CC(Cn1cnnn1)Oc1cc(-c2cnc(Nc3cn(C4CCNCC4)nc3C(F)(F)F)nc2)ccc1Cl.Cl. The van der Waals surface area contributed by atoms with Crippen LogP contribution < -0.4 is 15.4 Å². The number of hydrogen-bond acceptors (Lipinski definition) is 9. The maximum atomic E-state index is 13.7. The predicted octanol–water partition coefficient (Wildman–Crippen LogP) is 4.56. The van der Waals surface area contributed by atoms with E-state index in [1.807, 2.05) is 6.92 Å². The van der Waals surface area contributed by atoms with Gasteiger partial charge in [0, 0.05) is 24.2 Å². The van der Waals surface area contributed by atoms with Crippen LogP contribution in [0.25, 0.3) is 11.1 Å². The number of nitrogens with one attached hydrogen (secondary N) is 2. The van der Waals surface area contributed by atoms with Crippen molar-refractivity contribution >= 4 is 35.6 Å². The molecule has 5 rings (SSSR count). The molecular weight excluding hydrogens is 560 g/mol. The van der Waals surface area contributed by atoms with Crippen molar-refractivity contribution in [1.82, 2.24) is 45.3 Å². The Morgan fingerprint density at radius 3 is 2.59 bits per heavy atom. The summed E-state index contributed by atoms with van der Waals surface area (Å²) in [5.74, 6) is 0.469. The van der Waals surface area contributed by atoms with E-state index < -0.39 is 11.9 Å². The number of benzene rings is 1. The molecule has 1 aliphatic heterocycles. The largest absolute Gasteiger partial charge is 0.487 e. The van der Waals surface area contributed by atoms with Gasteiger partial charge in [-0.05, 0) is 61.0 Å². The average Bonchev–Trinajstić information content (AvgIpc) is 3.56. The van der Waals surface area contributed by atoms with Crippen LogP contribution in [0.2, 0.25) is 5.02 Å². The van der Waals surface area contributed by atoms with Gasteiger partial charge in [0.25, 0.3) is 0 Å². The topological polar surface area (TPSA) is 120 Å². The number of rotatable bonds is 8. The molecule has 1 unspecified atom stereocenters. The number of nitrogens with zero attached hydrogens (tertiary/aromatic N) is 8. The lowest BCUT2D eigenvalue weighted by Crippen LogP contribution is -2.29. The predicted molar refractivity (Wildman–Crippen MR) is 139 cm³/mol. The lowest BCUT2D eigenvalue weighted by Gasteiger charge is -2.22. The molecule has 39 heavy (non-hydrogen) atoms. The van der Waals surface area contributed by atoms with Gasteiger partial charge >= 0.3 is 6.18 Å². The summed E-state index contributed by atoms with van der Waals surface area (Å²) < 4.78 is 49.9. The van der Waals surface area contributed by atoms with Crippen molar-refractivity contribution in [2.45, 2.75) is 44.6 Å². The molecule has 1 aromatic carbocycles. The molecule has 11 nitrogen and oxygen atoms in total. The summed E-state index contributed by atoms with van der Waals surface area (Å²) in [5.41, 5.74) is 0.161. The Morgan fingerprint density at radius 2 is 1.92 bits per heavy atom. The zero-order valence-electron chi connectivity index (χ0n) is 20.6. The van der Waals surface area contributed by atoms with Crippen LogP contribution in [0.15, 0.2) is 43.1 Å². The van der Waals surface area contributed by atoms with Gasteiger partial charge in [0.15, 0.2) is 5.69 Å². The van der Waals surface area contributed by atoms with Crippen molar-refractivity contribution in [3.63, 3.8) is 0 Å². The quantitative estimate of drug-likeness (QED) is 0.307. The van der Waals surface area contributed by atoms with Crippen LogP contribution in [-0.2, 0) is 12.7 Å². The third-order valence-electron chi connectivity index (χ3n) is 6.01. The Labute approximate surface area is 232 Å². The molecule has 1 saturated heterocycles. The van der Waals surface area contributed by atoms with Crippen LogP contribution in [0.5, 0.6) is 5.75 Å². The number of ether oxygens (including phenoxy) is 1. The van der Waals surface area contributed by atoms with Gasteiger partial charge < -0.3 is 15.4 Å². The highest BCUT2D eigenvalue weighted by molar-refractivity contribution is 6.32. The molecule has 3 aromatic heterocycles. The van der Waals surface area contributed by atoms with Gasteiger partial charge in [0.1, 0.15) is 18.2 Å². The van der Waals surface area contributed by atoms with E-state index in [-0.39, 0.29) is 36.2 Å². The van der Waals surface area contributed by atoms with E-state index in [2.05, 4.69) is 41.2 Å². The number of aromatic nitrogens is 8. The van der Waals surface area contributed by atoms with Gasteiger partial charge in [-0.3, -0.25) is 4.68 Å². The van der Waals surface area contributed by atoms with E-state index in [1.165, 1.54) is 29.6 Å². The molecule has 0 radical (unpaired) electrons. The second-order valence-electron chi connectivity index (χ2n) is 8.88. The Hall–Kier alpha value is -3.49. The highest BCUT2D eigenvalue weighted by Crippen LogP contribution is 2.36. The number of tetrazole rings is 1. The molecule has 4 heterocycles. The number of anilines is 2. The van der Waals surface area contributed by atoms with Gasteiger partial charge in [0.05, 0.1) is 23.3 Å². The summed E-state index contributed by atoms with van der Waals surface area (Å²) in [7, 11) is 0. The maximum absolute atomic E-state index is 13.7. The summed E-state index contributed by atoms with van der Waals surface area (Å²) >= 11 is 6.32. The summed E-state index contributed by atoms with van der Waals surface area (Å²) in [6.07, 6.45) is 2.38. The van der Waals surface area contributed by atoms with E-state index in [0.717, 1.165) is 18.7 Å². The minimum absolute atomic E-state index is 0.